The summed E-state index contributed by atoms with van der Waals surface area (Å²) in [6.45, 7) is 5.11. The number of hydrogen-bond donors (Lipinski definition) is 1. The van der Waals surface area contributed by atoms with Crippen molar-refractivity contribution >= 4 is 11.8 Å². The lowest BCUT2D eigenvalue weighted by Crippen LogP contribution is -2.42. The predicted molar refractivity (Wildman–Crippen MR) is 116 cm³/mol. The number of aromatic nitrogens is 2. The van der Waals surface area contributed by atoms with E-state index in [-0.39, 0.29) is 17.7 Å². The molecule has 30 heavy (non-hydrogen) atoms. The number of rotatable bonds is 4. The van der Waals surface area contributed by atoms with Gasteiger partial charge in [-0.1, -0.05) is 48.0 Å². The number of amides is 2. The molecule has 0 aliphatic carbocycles. The topological polar surface area (TPSA) is 81.2 Å². The number of primary amides is 1. The Kier molecular flexibility index (Phi) is 5.40. The molecule has 2 N–H and O–H groups in total. The Labute approximate surface area is 176 Å². The Balaban J connectivity index is 1.73. The SMILES string of the molecule is Cc1ccc(-n2nc(-c3ccccc3)cc2C(=O)N2CCC(C(N)=O)CC2)c(C)c1. The molecule has 0 bridgehead atoms. The van der Waals surface area contributed by atoms with Crippen LogP contribution in [-0.4, -0.2) is 39.6 Å². The van der Waals surface area contributed by atoms with Crippen molar-refractivity contribution in [3.8, 4) is 16.9 Å². The maximum Gasteiger partial charge on any atom is 0.272 e. The summed E-state index contributed by atoms with van der Waals surface area (Å²) in [6, 6.07) is 17.8. The highest BCUT2D eigenvalue weighted by atomic mass is 16.2. The molecule has 1 fully saturated rings. The zero-order chi connectivity index (χ0) is 21.3. The molecule has 2 aromatic carbocycles. The summed E-state index contributed by atoms with van der Waals surface area (Å²) in [5, 5.41) is 4.80. The number of hydrogen-bond acceptors (Lipinski definition) is 3. The standard InChI is InChI=1S/C24H26N4O2/c1-16-8-9-21(17(2)14-16)28-22(15-20(26-28)18-6-4-3-5-7-18)24(30)27-12-10-19(11-13-27)23(25)29/h3-9,14-15,19H,10-13H2,1-2H3,(H2,25,29). The number of carbonyl (C=O) groups is 2. The van der Waals surface area contributed by atoms with E-state index in [0.29, 0.717) is 31.6 Å². The third kappa shape index (κ3) is 3.85. The van der Waals surface area contributed by atoms with Gasteiger partial charge in [0.2, 0.25) is 5.91 Å². The van der Waals surface area contributed by atoms with Gasteiger partial charge < -0.3 is 10.6 Å². The van der Waals surface area contributed by atoms with Crippen molar-refractivity contribution in [3.05, 3.63) is 71.4 Å². The van der Waals surface area contributed by atoms with Crippen LogP contribution in [0.2, 0.25) is 0 Å². The van der Waals surface area contributed by atoms with Crippen molar-refractivity contribution in [1.82, 2.24) is 14.7 Å². The highest BCUT2D eigenvalue weighted by molar-refractivity contribution is 5.94. The Bertz CT molecular complexity index is 1080. The third-order valence-electron chi connectivity index (χ3n) is 5.76. The normalized spacial score (nSPS) is 14.7. The second-order valence-corrected chi connectivity index (χ2v) is 7.95. The molecule has 2 amide bonds. The van der Waals surface area contributed by atoms with Crippen molar-refractivity contribution in [2.45, 2.75) is 26.7 Å². The Morgan fingerprint density at radius 3 is 2.33 bits per heavy atom. The number of piperidine rings is 1. The number of aryl methyl sites for hydroxylation is 2. The average molecular weight is 402 g/mol. The number of nitrogens with zero attached hydrogens (tertiary/aromatic N) is 3. The molecular weight excluding hydrogens is 376 g/mol. The van der Waals surface area contributed by atoms with Gasteiger partial charge in [0.25, 0.3) is 5.91 Å². The van der Waals surface area contributed by atoms with Gasteiger partial charge in [0, 0.05) is 24.6 Å². The van der Waals surface area contributed by atoms with Crippen molar-refractivity contribution in [2.24, 2.45) is 11.7 Å². The van der Waals surface area contributed by atoms with Crippen LogP contribution in [0.3, 0.4) is 0 Å². The maximum atomic E-state index is 13.4. The Hall–Kier alpha value is -3.41. The number of nitrogens with two attached hydrogens (primary N) is 1. The van der Waals surface area contributed by atoms with E-state index in [4.69, 9.17) is 10.8 Å². The van der Waals surface area contributed by atoms with E-state index in [2.05, 4.69) is 6.07 Å². The first-order valence-corrected chi connectivity index (χ1v) is 10.3. The Morgan fingerprint density at radius 1 is 1.00 bits per heavy atom. The Morgan fingerprint density at radius 2 is 1.70 bits per heavy atom. The maximum absolute atomic E-state index is 13.4. The van der Waals surface area contributed by atoms with Gasteiger partial charge in [0.15, 0.2) is 0 Å². The fourth-order valence-corrected chi connectivity index (χ4v) is 4.04. The van der Waals surface area contributed by atoms with E-state index in [1.54, 1.807) is 9.58 Å². The zero-order valence-electron chi connectivity index (χ0n) is 17.3. The molecule has 0 unspecified atom stereocenters. The monoisotopic (exact) mass is 402 g/mol. The molecule has 1 saturated heterocycles. The van der Waals surface area contributed by atoms with Gasteiger partial charge in [-0.2, -0.15) is 5.10 Å². The summed E-state index contributed by atoms with van der Waals surface area (Å²) in [6.07, 6.45) is 1.20. The highest BCUT2D eigenvalue weighted by Gasteiger charge is 2.29. The van der Waals surface area contributed by atoms with Crippen LogP contribution in [0.15, 0.2) is 54.6 Å². The van der Waals surface area contributed by atoms with E-state index in [0.717, 1.165) is 28.1 Å². The van der Waals surface area contributed by atoms with E-state index in [9.17, 15) is 9.59 Å². The van der Waals surface area contributed by atoms with E-state index in [1.807, 2.05) is 62.4 Å². The van der Waals surface area contributed by atoms with Crippen LogP contribution in [-0.2, 0) is 4.79 Å². The minimum absolute atomic E-state index is 0.0763. The van der Waals surface area contributed by atoms with E-state index < -0.39 is 0 Å². The van der Waals surface area contributed by atoms with Crippen molar-refractivity contribution in [3.63, 3.8) is 0 Å². The van der Waals surface area contributed by atoms with Gasteiger partial charge in [0.05, 0.1) is 11.4 Å². The third-order valence-corrected chi connectivity index (χ3v) is 5.76. The van der Waals surface area contributed by atoms with E-state index >= 15 is 0 Å². The van der Waals surface area contributed by atoms with Crippen LogP contribution in [0.4, 0.5) is 0 Å². The van der Waals surface area contributed by atoms with Crippen LogP contribution < -0.4 is 5.73 Å². The van der Waals surface area contributed by atoms with Crippen molar-refractivity contribution in [2.75, 3.05) is 13.1 Å². The molecule has 1 aliphatic rings. The quantitative estimate of drug-likeness (QED) is 0.725. The molecule has 0 spiro atoms. The van der Waals surface area contributed by atoms with Gasteiger partial charge >= 0.3 is 0 Å². The van der Waals surface area contributed by atoms with Crippen LogP contribution in [0.1, 0.15) is 34.5 Å². The molecule has 6 nitrogen and oxygen atoms in total. The van der Waals surface area contributed by atoms with Gasteiger partial charge in [0.1, 0.15) is 5.69 Å². The van der Waals surface area contributed by atoms with Gasteiger partial charge in [-0.15, -0.1) is 0 Å². The first-order chi connectivity index (χ1) is 14.4. The average Bonchev–Trinajstić information content (AvgIpc) is 3.19. The summed E-state index contributed by atoms with van der Waals surface area (Å²) in [5.74, 6) is -0.514. The molecule has 2 heterocycles. The lowest BCUT2D eigenvalue weighted by atomic mass is 9.96. The van der Waals surface area contributed by atoms with Crippen molar-refractivity contribution < 1.29 is 9.59 Å². The molecular formula is C24H26N4O2. The number of carbonyl (C=O) groups excluding carboxylic acids is 2. The van der Waals surface area contributed by atoms with Gasteiger partial charge in [-0.05, 0) is 44.4 Å². The second kappa shape index (κ2) is 8.14. The second-order valence-electron chi connectivity index (χ2n) is 7.95. The molecule has 0 atom stereocenters. The first kappa shape index (κ1) is 19.9. The van der Waals surface area contributed by atoms with Crippen LogP contribution >= 0.6 is 0 Å². The lowest BCUT2D eigenvalue weighted by Gasteiger charge is -2.30. The van der Waals surface area contributed by atoms with Crippen LogP contribution in [0.5, 0.6) is 0 Å². The fourth-order valence-electron chi connectivity index (χ4n) is 4.04. The molecule has 1 aromatic heterocycles. The van der Waals surface area contributed by atoms with Crippen LogP contribution in [0, 0.1) is 19.8 Å². The van der Waals surface area contributed by atoms with Crippen molar-refractivity contribution in [1.29, 1.82) is 0 Å². The van der Waals surface area contributed by atoms with E-state index in [1.165, 1.54) is 0 Å². The lowest BCUT2D eigenvalue weighted by molar-refractivity contribution is -0.123. The molecule has 6 heteroatoms. The minimum atomic E-state index is -0.284. The number of benzene rings is 2. The predicted octanol–water partition coefficient (Wildman–Crippen LogP) is 3.49. The first-order valence-electron chi connectivity index (χ1n) is 10.3. The van der Waals surface area contributed by atoms with Crippen LogP contribution in [0.25, 0.3) is 16.9 Å². The molecule has 154 valence electrons. The summed E-state index contributed by atoms with van der Waals surface area (Å²) >= 11 is 0. The molecule has 0 saturated carbocycles. The summed E-state index contributed by atoms with van der Waals surface area (Å²) in [7, 11) is 0. The molecule has 4 rings (SSSR count). The fraction of sp³-hybridized carbons (Fsp3) is 0.292. The zero-order valence-corrected chi connectivity index (χ0v) is 17.3. The summed E-state index contributed by atoms with van der Waals surface area (Å²) < 4.78 is 1.75. The highest BCUT2D eigenvalue weighted by Crippen LogP contribution is 2.26. The molecule has 3 aromatic rings. The van der Waals surface area contributed by atoms with Gasteiger partial charge in [-0.3, -0.25) is 9.59 Å². The number of likely N-dealkylation sites (tertiary alicyclic amines) is 1. The smallest absolute Gasteiger partial charge is 0.272 e. The minimum Gasteiger partial charge on any atom is -0.369 e. The van der Waals surface area contributed by atoms with Gasteiger partial charge in [-0.25, -0.2) is 4.68 Å². The molecule has 1 aliphatic heterocycles. The summed E-state index contributed by atoms with van der Waals surface area (Å²) in [4.78, 5) is 26.7. The molecule has 0 radical (unpaired) electrons. The largest absolute Gasteiger partial charge is 0.369 e. The summed E-state index contributed by atoms with van der Waals surface area (Å²) in [5.41, 5.74) is 10.8.